The van der Waals surface area contributed by atoms with E-state index >= 15 is 0 Å². The molecular weight excluding hydrogens is 338 g/mol. The van der Waals surface area contributed by atoms with Crippen molar-refractivity contribution in [2.75, 3.05) is 23.4 Å². The van der Waals surface area contributed by atoms with Crippen molar-refractivity contribution in [2.24, 2.45) is 0 Å². The molecule has 25 heavy (non-hydrogen) atoms. The molecule has 0 aromatic carbocycles. The van der Waals surface area contributed by atoms with Gasteiger partial charge >= 0.3 is 0 Å². The molecule has 1 fully saturated rings. The maximum atomic E-state index is 12.9. The number of hydrogen-bond acceptors (Lipinski definition) is 7. The van der Waals surface area contributed by atoms with Gasteiger partial charge in [0.25, 0.3) is 5.91 Å². The van der Waals surface area contributed by atoms with Crippen molar-refractivity contribution in [3.8, 4) is 0 Å². The summed E-state index contributed by atoms with van der Waals surface area (Å²) in [6.45, 7) is 2.85. The second kappa shape index (κ2) is 5.87. The van der Waals surface area contributed by atoms with Crippen LogP contribution in [0.1, 0.15) is 41.8 Å². The van der Waals surface area contributed by atoms with E-state index in [1.165, 1.54) is 11.3 Å². The average molecular weight is 357 g/mol. The lowest BCUT2D eigenvalue weighted by molar-refractivity contribution is -0.123. The predicted molar refractivity (Wildman–Crippen MR) is 95.2 cm³/mol. The first-order valence-electron chi connectivity index (χ1n) is 8.41. The molecule has 4 rings (SSSR count). The molecule has 2 aliphatic rings. The van der Waals surface area contributed by atoms with Gasteiger partial charge in [-0.3, -0.25) is 9.59 Å². The monoisotopic (exact) mass is 357 g/mol. The van der Waals surface area contributed by atoms with Crippen molar-refractivity contribution in [1.82, 2.24) is 15.0 Å². The first-order valence-corrected chi connectivity index (χ1v) is 9.29. The van der Waals surface area contributed by atoms with Gasteiger partial charge in [0.2, 0.25) is 0 Å². The Morgan fingerprint density at radius 3 is 2.96 bits per heavy atom. The van der Waals surface area contributed by atoms with Gasteiger partial charge in [0, 0.05) is 25.2 Å². The molecule has 0 bridgehead atoms. The van der Waals surface area contributed by atoms with Crippen LogP contribution in [0.15, 0.2) is 17.8 Å². The molecule has 4 heterocycles. The van der Waals surface area contributed by atoms with Gasteiger partial charge in [-0.05, 0) is 19.3 Å². The van der Waals surface area contributed by atoms with E-state index < -0.39 is 5.54 Å². The van der Waals surface area contributed by atoms with E-state index in [9.17, 15) is 9.59 Å². The number of aromatic nitrogens is 3. The van der Waals surface area contributed by atoms with E-state index in [-0.39, 0.29) is 18.1 Å². The Morgan fingerprint density at radius 1 is 1.40 bits per heavy atom. The second-order valence-electron chi connectivity index (χ2n) is 6.44. The Bertz CT molecular complexity index is 838. The third kappa shape index (κ3) is 2.35. The van der Waals surface area contributed by atoms with Crippen LogP contribution in [0.5, 0.6) is 0 Å². The molecule has 0 saturated carbocycles. The number of nitrogens with zero attached hydrogens (tertiary/aromatic N) is 5. The third-order valence-corrected chi connectivity index (χ3v) is 6.00. The molecule has 8 heteroatoms. The Hall–Kier alpha value is -2.35. The summed E-state index contributed by atoms with van der Waals surface area (Å²) in [5.41, 5.74) is 0.202. The van der Waals surface area contributed by atoms with Crippen molar-refractivity contribution in [2.45, 2.75) is 38.1 Å². The fourth-order valence-electron chi connectivity index (χ4n) is 3.85. The van der Waals surface area contributed by atoms with Gasteiger partial charge in [0.05, 0.1) is 12.6 Å². The van der Waals surface area contributed by atoms with Crippen molar-refractivity contribution < 1.29 is 9.59 Å². The van der Waals surface area contributed by atoms with Crippen LogP contribution in [0.25, 0.3) is 0 Å². The molecule has 2 aromatic heterocycles. The maximum Gasteiger partial charge on any atom is 0.252 e. The van der Waals surface area contributed by atoms with Crippen LogP contribution in [0.2, 0.25) is 0 Å². The van der Waals surface area contributed by atoms with E-state index in [0.29, 0.717) is 16.5 Å². The molecule has 0 aliphatic carbocycles. The molecule has 0 unspecified atom stereocenters. The summed E-state index contributed by atoms with van der Waals surface area (Å²) in [4.78, 5) is 42.0. The minimum absolute atomic E-state index is 0.0848. The van der Waals surface area contributed by atoms with Crippen LogP contribution >= 0.6 is 11.3 Å². The van der Waals surface area contributed by atoms with Crippen LogP contribution in [-0.4, -0.2) is 45.8 Å². The molecule has 1 amide bonds. The fraction of sp³-hybridized carbons (Fsp3) is 0.471. The van der Waals surface area contributed by atoms with Gasteiger partial charge in [0.1, 0.15) is 17.1 Å². The largest absolute Gasteiger partial charge is 0.340 e. The summed E-state index contributed by atoms with van der Waals surface area (Å²) in [6.07, 6.45) is 5.93. The lowest BCUT2D eigenvalue weighted by atomic mass is 9.89. The van der Waals surface area contributed by atoms with Crippen LogP contribution < -0.4 is 9.80 Å². The van der Waals surface area contributed by atoms with E-state index in [1.807, 2.05) is 6.92 Å². The quantitative estimate of drug-likeness (QED) is 0.780. The van der Waals surface area contributed by atoms with E-state index in [4.69, 9.17) is 0 Å². The minimum atomic E-state index is -0.507. The summed E-state index contributed by atoms with van der Waals surface area (Å²) in [7, 11) is 1.78. The van der Waals surface area contributed by atoms with Gasteiger partial charge in [0.15, 0.2) is 16.6 Å². The van der Waals surface area contributed by atoms with Crippen molar-refractivity contribution in [3.05, 3.63) is 28.6 Å². The second-order valence-corrected chi connectivity index (χ2v) is 7.33. The zero-order valence-electron chi connectivity index (χ0n) is 14.2. The fourth-order valence-corrected chi connectivity index (χ4v) is 4.43. The summed E-state index contributed by atoms with van der Waals surface area (Å²) < 4.78 is 0. The van der Waals surface area contributed by atoms with E-state index in [1.54, 1.807) is 29.7 Å². The Morgan fingerprint density at radius 2 is 2.24 bits per heavy atom. The van der Waals surface area contributed by atoms with Crippen LogP contribution in [-0.2, 0) is 11.2 Å². The first-order chi connectivity index (χ1) is 12.1. The Balaban J connectivity index is 1.71. The molecule has 0 spiro atoms. The standard InChI is InChI=1S/C17H19N5O2S/c1-3-17-5-4-7-22(17)14-11(21(2)16(17)24)10-19-13(20-14)9-12(23)15-18-6-8-25-15/h6,8,10H,3-5,7,9H2,1-2H3/t17-/m0/s1. The van der Waals surface area contributed by atoms with Crippen LogP contribution in [0.3, 0.4) is 0 Å². The molecule has 1 atom stereocenters. The zero-order chi connectivity index (χ0) is 17.6. The lowest BCUT2D eigenvalue weighted by Gasteiger charge is -2.45. The highest BCUT2D eigenvalue weighted by molar-refractivity contribution is 7.11. The number of amides is 1. The summed E-state index contributed by atoms with van der Waals surface area (Å²) in [5, 5.41) is 2.25. The normalized spacial score (nSPS) is 22.1. The number of hydrogen-bond donors (Lipinski definition) is 0. The molecule has 2 aliphatic heterocycles. The molecule has 0 N–H and O–H groups in total. The van der Waals surface area contributed by atoms with Gasteiger partial charge in [-0.1, -0.05) is 6.92 Å². The van der Waals surface area contributed by atoms with Gasteiger partial charge in [-0.25, -0.2) is 15.0 Å². The number of anilines is 2. The summed E-state index contributed by atoms with van der Waals surface area (Å²) in [5.74, 6) is 1.26. The maximum absolute atomic E-state index is 12.9. The van der Waals surface area contributed by atoms with E-state index in [0.717, 1.165) is 31.6 Å². The highest BCUT2D eigenvalue weighted by atomic mass is 32.1. The molecule has 7 nitrogen and oxygen atoms in total. The minimum Gasteiger partial charge on any atom is -0.340 e. The van der Waals surface area contributed by atoms with Gasteiger partial charge in [-0.15, -0.1) is 11.3 Å². The lowest BCUT2D eigenvalue weighted by Crippen LogP contribution is -2.59. The van der Waals surface area contributed by atoms with Crippen molar-refractivity contribution in [3.63, 3.8) is 0 Å². The Labute approximate surface area is 149 Å². The smallest absolute Gasteiger partial charge is 0.252 e. The number of ketones is 1. The third-order valence-electron chi connectivity index (χ3n) is 5.18. The van der Waals surface area contributed by atoms with Crippen LogP contribution in [0.4, 0.5) is 11.5 Å². The average Bonchev–Trinajstić information content (AvgIpc) is 3.29. The number of carbonyl (C=O) groups is 2. The number of thiazole rings is 1. The highest BCUT2D eigenvalue weighted by Crippen LogP contribution is 2.45. The highest BCUT2D eigenvalue weighted by Gasteiger charge is 2.52. The summed E-state index contributed by atoms with van der Waals surface area (Å²) >= 11 is 1.32. The van der Waals surface area contributed by atoms with Gasteiger partial charge < -0.3 is 9.80 Å². The van der Waals surface area contributed by atoms with Crippen molar-refractivity contribution >= 4 is 34.5 Å². The molecule has 2 aromatic rings. The molecular formula is C17H19N5O2S. The van der Waals surface area contributed by atoms with Gasteiger partial charge in [-0.2, -0.15) is 0 Å². The SMILES string of the molecule is CC[C@@]12CCCN1c1nc(CC(=O)c3nccs3)ncc1N(C)C2=O. The molecule has 130 valence electrons. The summed E-state index contributed by atoms with van der Waals surface area (Å²) in [6, 6.07) is 0. The predicted octanol–water partition coefficient (Wildman–Crippen LogP) is 2.08. The van der Waals surface area contributed by atoms with E-state index in [2.05, 4.69) is 19.9 Å². The zero-order valence-corrected chi connectivity index (χ0v) is 15.0. The Kier molecular flexibility index (Phi) is 3.79. The number of Topliss-reactive ketones (excluding diaryl/α,β-unsaturated/α-hetero) is 1. The number of fused-ring (bicyclic) bond motifs is 3. The van der Waals surface area contributed by atoms with Crippen LogP contribution in [0, 0.1) is 0 Å². The number of rotatable bonds is 4. The molecule has 0 radical (unpaired) electrons. The number of carbonyl (C=O) groups excluding carboxylic acids is 2. The number of likely N-dealkylation sites (N-methyl/N-ethyl adjacent to an activating group) is 1. The molecule has 1 saturated heterocycles. The first kappa shape index (κ1) is 16.1. The topological polar surface area (TPSA) is 79.3 Å². The van der Waals surface area contributed by atoms with Crippen molar-refractivity contribution in [1.29, 1.82) is 0 Å².